The molecule has 92 valence electrons. The molecular formula is C10H13N2O4P. The molecule has 0 bridgehead atoms. The van der Waals surface area contributed by atoms with E-state index in [0.29, 0.717) is 11.0 Å². The van der Waals surface area contributed by atoms with Crippen molar-refractivity contribution < 1.29 is 13.6 Å². The zero-order valence-electron chi connectivity index (χ0n) is 9.54. The minimum Gasteiger partial charge on any atom is -0.311 e. The van der Waals surface area contributed by atoms with E-state index < -0.39 is 7.60 Å². The molecule has 0 atom stereocenters. The summed E-state index contributed by atoms with van der Waals surface area (Å²) in [6, 6.07) is 7.16. The van der Waals surface area contributed by atoms with E-state index in [1.54, 1.807) is 18.2 Å². The maximum atomic E-state index is 12.0. The van der Waals surface area contributed by atoms with Crippen molar-refractivity contribution >= 4 is 18.6 Å². The minimum absolute atomic E-state index is 0.108. The van der Waals surface area contributed by atoms with E-state index in [-0.39, 0.29) is 12.0 Å². The van der Waals surface area contributed by atoms with Gasteiger partial charge in [-0.05, 0) is 12.1 Å². The first-order chi connectivity index (χ1) is 8.09. The summed E-state index contributed by atoms with van der Waals surface area (Å²) in [5, 5.41) is 0. The maximum Gasteiger partial charge on any atom is 0.349 e. The smallest absolute Gasteiger partial charge is 0.311 e. The third-order valence-corrected chi connectivity index (χ3v) is 4.29. The van der Waals surface area contributed by atoms with Gasteiger partial charge >= 0.3 is 13.3 Å². The van der Waals surface area contributed by atoms with Crippen LogP contribution in [-0.4, -0.2) is 23.8 Å². The second kappa shape index (κ2) is 4.49. The van der Waals surface area contributed by atoms with Gasteiger partial charge < -0.3 is 14.0 Å². The molecule has 0 saturated heterocycles. The molecule has 0 spiro atoms. The lowest BCUT2D eigenvalue weighted by molar-refractivity contribution is 0.268. The summed E-state index contributed by atoms with van der Waals surface area (Å²) in [6.45, 7) is 0. The highest BCUT2D eigenvalue weighted by atomic mass is 31.2. The van der Waals surface area contributed by atoms with Crippen molar-refractivity contribution in [3.63, 3.8) is 0 Å². The van der Waals surface area contributed by atoms with Gasteiger partial charge in [-0.2, -0.15) is 0 Å². The lowest BCUT2D eigenvalue weighted by Gasteiger charge is -2.13. The van der Waals surface area contributed by atoms with Crippen LogP contribution in [0.4, 0.5) is 0 Å². The first kappa shape index (κ1) is 12.1. The zero-order valence-corrected chi connectivity index (χ0v) is 10.4. The average Bonchev–Trinajstić information content (AvgIpc) is 2.66. The fraction of sp³-hybridized carbons (Fsp3) is 0.300. The summed E-state index contributed by atoms with van der Waals surface area (Å²) >= 11 is 0. The van der Waals surface area contributed by atoms with E-state index in [0.717, 1.165) is 0 Å². The molecule has 2 rings (SSSR count). The van der Waals surface area contributed by atoms with Gasteiger partial charge in [0, 0.05) is 14.2 Å². The first-order valence-corrected chi connectivity index (χ1v) is 6.70. The Balaban J connectivity index is 2.53. The number of benzene rings is 1. The lowest BCUT2D eigenvalue weighted by Crippen LogP contribution is -2.17. The van der Waals surface area contributed by atoms with Crippen molar-refractivity contribution in [1.29, 1.82) is 0 Å². The predicted octanol–water partition coefficient (Wildman–Crippen LogP) is 1.77. The van der Waals surface area contributed by atoms with Crippen LogP contribution in [0.2, 0.25) is 0 Å². The number of hydrogen-bond acceptors (Lipinski definition) is 4. The molecule has 0 aliphatic carbocycles. The molecule has 0 aliphatic rings. The number of hydrogen-bond donors (Lipinski definition) is 1. The van der Waals surface area contributed by atoms with Crippen LogP contribution in [0.25, 0.3) is 11.0 Å². The summed E-state index contributed by atoms with van der Waals surface area (Å²) in [5.74, 6) is 0. The highest BCUT2D eigenvalue weighted by Gasteiger charge is 2.24. The fourth-order valence-electron chi connectivity index (χ4n) is 1.61. The number of nitrogens with one attached hydrogen (secondary N) is 1. The van der Waals surface area contributed by atoms with Crippen LogP contribution in [0.15, 0.2) is 29.1 Å². The Morgan fingerprint density at radius 1 is 1.29 bits per heavy atom. The third kappa shape index (κ3) is 2.20. The number of aromatic amines is 1. The van der Waals surface area contributed by atoms with Crippen LogP contribution < -0.4 is 5.69 Å². The zero-order chi connectivity index (χ0) is 12.5. The van der Waals surface area contributed by atoms with Gasteiger partial charge in [0.25, 0.3) is 0 Å². The van der Waals surface area contributed by atoms with Gasteiger partial charge in [-0.3, -0.25) is 9.13 Å². The van der Waals surface area contributed by atoms with Crippen molar-refractivity contribution in [3.05, 3.63) is 34.7 Å². The summed E-state index contributed by atoms with van der Waals surface area (Å²) in [5.41, 5.74) is 1.03. The molecule has 1 heterocycles. The monoisotopic (exact) mass is 256 g/mol. The van der Waals surface area contributed by atoms with E-state index in [4.69, 9.17) is 9.05 Å². The first-order valence-electron chi connectivity index (χ1n) is 4.98. The van der Waals surface area contributed by atoms with Crippen LogP contribution in [0.1, 0.15) is 0 Å². The van der Waals surface area contributed by atoms with E-state index in [1.807, 2.05) is 6.07 Å². The molecule has 0 amide bonds. The topological polar surface area (TPSA) is 73.3 Å². The van der Waals surface area contributed by atoms with Crippen molar-refractivity contribution in [2.24, 2.45) is 0 Å². The maximum absolute atomic E-state index is 12.0. The van der Waals surface area contributed by atoms with Gasteiger partial charge in [-0.1, -0.05) is 12.1 Å². The number of nitrogens with zero attached hydrogens (tertiary/aromatic N) is 1. The summed E-state index contributed by atoms with van der Waals surface area (Å²) < 4.78 is 23.0. The Bertz CT molecular complexity index is 623. The van der Waals surface area contributed by atoms with E-state index in [9.17, 15) is 9.36 Å². The molecule has 7 heteroatoms. The van der Waals surface area contributed by atoms with Gasteiger partial charge in [0.1, 0.15) is 6.29 Å². The predicted molar refractivity (Wildman–Crippen MR) is 64.2 cm³/mol. The standard InChI is InChI=1S/C10H13N2O4P/c1-15-17(14,16-2)7-12-9-6-4-3-5-8(9)11-10(12)13/h3-6H,7H2,1-2H3,(H,11,13). The van der Waals surface area contributed by atoms with E-state index in [2.05, 4.69) is 4.98 Å². The molecule has 1 N–H and O–H groups in total. The van der Waals surface area contributed by atoms with Crippen molar-refractivity contribution in [2.45, 2.75) is 6.29 Å². The third-order valence-electron chi connectivity index (χ3n) is 2.55. The number of aromatic nitrogens is 2. The summed E-state index contributed by atoms with van der Waals surface area (Å²) in [7, 11) is -0.667. The van der Waals surface area contributed by atoms with Gasteiger partial charge in [0.15, 0.2) is 0 Å². The molecule has 17 heavy (non-hydrogen) atoms. The number of H-pyrrole nitrogens is 1. The number of para-hydroxylation sites is 2. The Morgan fingerprint density at radius 3 is 2.59 bits per heavy atom. The van der Waals surface area contributed by atoms with Gasteiger partial charge in [-0.15, -0.1) is 0 Å². The van der Waals surface area contributed by atoms with Crippen LogP contribution in [-0.2, 0) is 19.9 Å². The van der Waals surface area contributed by atoms with Crippen LogP contribution in [0, 0.1) is 0 Å². The number of rotatable bonds is 4. The molecule has 6 nitrogen and oxygen atoms in total. The second-order valence-electron chi connectivity index (χ2n) is 3.49. The molecule has 1 aromatic heterocycles. The van der Waals surface area contributed by atoms with Crippen LogP contribution in [0.3, 0.4) is 0 Å². The Labute approximate surface area is 97.7 Å². The molecule has 0 radical (unpaired) electrons. The van der Waals surface area contributed by atoms with Crippen molar-refractivity contribution in [1.82, 2.24) is 9.55 Å². The normalized spacial score (nSPS) is 12.1. The highest BCUT2D eigenvalue weighted by molar-refractivity contribution is 7.52. The molecule has 1 aromatic carbocycles. The molecular weight excluding hydrogens is 243 g/mol. The molecule has 0 aliphatic heterocycles. The van der Waals surface area contributed by atoms with E-state index in [1.165, 1.54) is 18.8 Å². The Morgan fingerprint density at radius 2 is 1.94 bits per heavy atom. The number of fused-ring (bicyclic) bond motifs is 1. The number of imidazole rings is 1. The summed E-state index contributed by atoms with van der Waals surface area (Å²) in [4.78, 5) is 14.4. The Kier molecular flexibility index (Phi) is 3.19. The van der Waals surface area contributed by atoms with Crippen LogP contribution >= 0.6 is 7.60 Å². The SMILES string of the molecule is COP(=O)(Cn1c(=O)[nH]c2ccccc21)OC. The quantitative estimate of drug-likeness (QED) is 0.846. The van der Waals surface area contributed by atoms with Crippen molar-refractivity contribution in [2.75, 3.05) is 14.2 Å². The van der Waals surface area contributed by atoms with Crippen LogP contribution in [0.5, 0.6) is 0 Å². The Hall–Kier alpha value is -1.36. The van der Waals surface area contributed by atoms with Gasteiger partial charge in [0.2, 0.25) is 0 Å². The van der Waals surface area contributed by atoms with Gasteiger partial charge in [0.05, 0.1) is 11.0 Å². The summed E-state index contributed by atoms with van der Waals surface area (Å²) in [6.07, 6.45) is -0.108. The molecule has 0 unspecified atom stereocenters. The second-order valence-corrected chi connectivity index (χ2v) is 5.73. The molecule has 0 fully saturated rings. The highest BCUT2D eigenvalue weighted by Crippen LogP contribution is 2.48. The largest absolute Gasteiger partial charge is 0.349 e. The van der Waals surface area contributed by atoms with Gasteiger partial charge in [-0.25, -0.2) is 4.79 Å². The van der Waals surface area contributed by atoms with E-state index >= 15 is 0 Å². The molecule has 0 saturated carbocycles. The lowest BCUT2D eigenvalue weighted by atomic mass is 10.3. The van der Waals surface area contributed by atoms with Crippen molar-refractivity contribution in [3.8, 4) is 0 Å². The minimum atomic E-state index is -3.26. The molecule has 2 aromatic rings. The fourth-order valence-corrected chi connectivity index (χ4v) is 2.62. The average molecular weight is 256 g/mol.